The molecule has 0 amide bonds. The quantitative estimate of drug-likeness (QED) is 0.151. The van der Waals surface area contributed by atoms with Gasteiger partial charge in [-0.3, -0.25) is 0 Å². The van der Waals surface area contributed by atoms with Crippen molar-refractivity contribution in [3.8, 4) is 22.6 Å². The Morgan fingerprint density at radius 3 is 1.62 bits per heavy atom. The van der Waals surface area contributed by atoms with Gasteiger partial charge in [0.1, 0.15) is 11.5 Å². The van der Waals surface area contributed by atoms with E-state index >= 15 is 0 Å². The van der Waals surface area contributed by atoms with Gasteiger partial charge in [0.2, 0.25) is 0 Å². The Kier molecular flexibility index (Phi) is 14.4. The van der Waals surface area contributed by atoms with Gasteiger partial charge in [0.05, 0.1) is 26.9 Å². The Balaban J connectivity index is 0.000000207. The molecule has 10 heteroatoms. The summed E-state index contributed by atoms with van der Waals surface area (Å²) in [4.78, 5) is 28.3. The number of hydrogen-bond acceptors (Lipinski definition) is 8. The highest BCUT2D eigenvalue weighted by Gasteiger charge is 2.17. The molecule has 0 fully saturated rings. The topological polar surface area (TPSA) is 119 Å². The second-order valence-corrected chi connectivity index (χ2v) is 10.4. The molecule has 0 spiro atoms. The van der Waals surface area contributed by atoms with Crippen molar-refractivity contribution in [2.75, 3.05) is 21.3 Å². The molecule has 6 aromatic rings. The molecule has 244 valence electrons. The molecular weight excluding hydrogens is 631 g/mol. The summed E-state index contributed by atoms with van der Waals surface area (Å²) in [6.07, 6.45) is 0.250. The number of rotatable bonds is 5. The maximum atomic E-state index is 12.0. The van der Waals surface area contributed by atoms with Crippen molar-refractivity contribution < 1.29 is 38.6 Å². The number of ether oxygens (including phenoxy) is 3. The molecule has 0 saturated heterocycles. The predicted octanol–water partition coefficient (Wildman–Crippen LogP) is 6.90. The lowest BCUT2D eigenvalue weighted by Gasteiger charge is -2.13. The molecule has 0 aromatic heterocycles. The molecule has 0 bridgehead atoms. The number of halogens is 1. The van der Waals surface area contributed by atoms with Crippen molar-refractivity contribution in [3.05, 3.63) is 137 Å². The van der Waals surface area contributed by atoms with Crippen molar-refractivity contribution in [1.29, 1.82) is 0 Å². The van der Waals surface area contributed by atoms with E-state index in [9.17, 15) is 14.8 Å². The Labute approximate surface area is 284 Å². The van der Waals surface area contributed by atoms with Crippen molar-refractivity contribution >= 4 is 57.8 Å². The van der Waals surface area contributed by atoms with E-state index in [1.807, 2.05) is 110 Å². The number of hydrogen-bond donors (Lipinski definition) is 2. The van der Waals surface area contributed by atoms with Crippen LogP contribution in [0.25, 0.3) is 32.7 Å². The van der Waals surface area contributed by atoms with Crippen LogP contribution in [0.4, 0.5) is 0 Å². The average Bonchev–Trinajstić information content (AvgIpc) is 3.12. The van der Waals surface area contributed by atoms with Crippen LogP contribution in [0.3, 0.4) is 0 Å². The van der Waals surface area contributed by atoms with E-state index < -0.39 is 7.12 Å². The fourth-order valence-electron chi connectivity index (χ4n) is 4.94. The summed E-state index contributed by atoms with van der Waals surface area (Å²) in [6, 6.07) is 38.0. The monoisotopic (exact) mass is 664 g/mol. The molecular formula is C38H34BClO8. The molecule has 48 heavy (non-hydrogen) atoms. The third kappa shape index (κ3) is 9.31. The highest BCUT2D eigenvalue weighted by Crippen LogP contribution is 2.36. The lowest BCUT2D eigenvalue weighted by molar-refractivity contribution is -0.191. The van der Waals surface area contributed by atoms with Gasteiger partial charge in [0.15, 0.2) is 0 Å². The van der Waals surface area contributed by atoms with Gasteiger partial charge in [-0.25, -0.2) is 4.79 Å². The van der Waals surface area contributed by atoms with E-state index in [0.29, 0.717) is 11.0 Å². The maximum Gasteiger partial charge on any atom is 0.489 e. The molecule has 0 unspecified atom stereocenters. The fourth-order valence-corrected chi connectivity index (χ4v) is 5.07. The second kappa shape index (κ2) is 18.6. The summed E-state index contributed by atoms with van der Waals surface area (Å²) in [5.74, 6) is 1.21. The molecule has 0 atom stereocenters. The largest absolute Gasteiger partial charge is 0.496 e. The third-order valence-electron chi connectivity index (χ3n) is 7.22. The van der Waals surface area contributed by atoms with Gasteiger partial charge in [-0.15, -0.1) is 0 Å². The normalized spacial score (nSPS) is 9.73. The molecule has 0 heterocycles. The Bertz CT molecular complexity index is 1980. The van der Waals surface area contributed by atoms with Gasteiger partial charge in [-0.05, 0) is 64.1 Å². The van der Waals surface area contributed by atoms with Gasteiger partial charge in [-0.2, -0.15) is 9.59 Å². The molecule has 0 radical (unpaired) electrons. The minimum absolute atomic E-state index is 0.250. The SMILES string of the molecule is COC(=O)c1ccccc1-c1ccc(OC)c2ccccc12.COc1ccc(B(O)O)c2ccccc12.Cc1ccccc1Cl.O=C=O. The van der Waals surface area contributed by atoms with Crippen LogP contribution in [0.2, 0.25) is 5.02 Å². The minimum Gasteiger partial charge on any atom is -0.496 e. The van der Waals surface area contributed by atoms with Crippen LogP contribution in [0.5, 0.6) is 11.5 Å². The standard InChI is InChI=1S/C19H16O3.C11H11BO3.C7H7Cl.CO2/c1-21-18-12-11-15(13-7-3-5-9-16(13)18)14-8-4-6-10-17(14)19(20)22-2;1-15-11-7-6-10(12(13)14)8-4-2-3-5-9(8)11;1-6-4-2-3-5-7(6)8;2-1-3/h3-12H,1-2H3;2-7,13-14H,1H3;2-5H,1H3;. The maximum absolute atomic E-state index is 12.0. The van der Waals surface area contributed by atoms with Crippen LogP contribution >= 0.6 is 11.6 Å². The summed E-state index contributed by atoms with van der Waals surface area (Å²) in [5.41, 5.74) is 4.02. The minimum atomic E-state index is -1.46. The Hall–Kier alpha value is -5.44. The number of methoxy groups -OCH3 is 3. The van der Waals surface area contributed by atoms with E-state index in [4.69, 9.17) is 35.4 Å². The Morgan fingerprint density at radius 1 is 0.625 bits per heavy atom. The molecule has 0 aliphatic heterocycles. The molecule has 0 aliphatic rings. The van der Waals surface area contributed by atoms with Gasteiger partial charge in [0.25, 0.3) is 0 Å². The first-order valence-electron chi connectivity index (χ1n) is 14.6. The number of benzene rings is 6. The van der Waals surface area contributed by atoms with Crippen LogP contribution in [-0.2, 0) is 14.3 Å². The van der Waals surface area contributed by atoms with Crippen LogP contribution in [0.15, 0.2) is 121 Å². The van der Waals surface area contributed by atoms with Crippen LogP contribution in [0.1, 0.15) is 15.9 Å². The average molecular weight is 665 g/mol. The van der Waals surface area contributed by atoms with E-state index in [2.05, 4.69) is 0 Å². The first-order chi connectivity index (χ1) is 23.2. The predicted molar refractivity (Wildman–Crippen MR) is 189 cm³/mol. The molecule has 0 saturated carbocycles. The van der Waals surface area contributed by atoms with Crippen molar-refractivity contribution in [1.82, 2.24) is 0 Å². The van der Waals surface area contributed by atoms with E-state index in [0.717, 1.165) is 54.8 Å². The van der Waals surface area contributed by atoms with Crippen LogP contribution < -0.4 is 14.9 Å². The van der Waals surface area contributed by atoms with E-state index in [1.165, 1.54) is 7.11 Å². The zero-order valence-corrected chi connectivity index (χ0v) is 27.6. The Morgan fingerprint density at radius 2 is 1.10 bits per heavy atom. The van der Waals surface area contributed by atoms with Crippen molar-refractivity contribution in [3.63, 3.8) is 0 Å². The van der Waals surface area contributed by atoms with Crippen LogP contribution in [0, 0.1) is 6.92 Å². The highest BCUT2D eigenvalue weighted by molar-refractivity contribution is 6.62. The zero-order valence-electron chi connectivity index (χ0n) is 26.8. The lowest BCUT2D eigenvalue weighted by Crippen LogP contribution is -2.30. The highest BCUT2D eigenvalue weighted by atomic mass is 35.5. The second-order valence-electron chi connectivity index (χ2n) is 10.0. The molecule has 6 rings (SSSR count). The molecule has 6 aromatic carbocycles. The third-order valence-corrected chi connectivity index (χ3v) is 7.64. The van der Waals surface area contributed by atoms with Crippen LogP contribution in [-0.4, -0.2) is 50.6 Å². The summed E-state index contributed by atoms with van der Waals surface area (Å²) < 4.78 is 15.5. The molecule has 0 aliphatic carbocycles. The van der Waals surface area contributed by atoms with Gasteiger partial charge >= 0.3 is 19.2 Å². The summed E-state index contributed by atoms with van der Waals surface area (Å²) in [5, 5.41) is 23.0. The zero-order chi connectivity index (χ0) is 35.1. The first kappa shape index (κ1) is 37.0. The number of carbonyl (C=O) groups excluding carboxylic acids is 3. The molecule has 8 nitrogen and oxygen atoms in total. The number of esters is 1. The van der Waals surface area contributed by atoms with E-state index in [1.54, 1.807) is 32.4 Å². The van der Waals surface area contributed by atoms with E-state index in [-0.39, 0.29) is 12.1 Å². The number of aryl methyl sites for hydroxylation is 1. The summed E-state index contributed by atoms with van der Waals surface area (Å²) in [6.45, 7) is 1.99. The number of carbonyl (C=O) groups is 1. The summed E-state index contributed by atoms with van der Waals surface area (Å²) in [7, 11) is 3.19. The fraction of sp³-hybridized carbons (Fsp3) is 0.105. The lowest BCUT2D eigenvalue weighted by atomic mass is 9.77. The molecule has 2 N–H and O–H groups in total. The van der Waals surface area contributed by atoms with Gasteiger partial charge in [0, 0.05) is 15.8 Å². The van der Waals surface area contributed by atoms with Crippen molar-refractivity contribution in [2.24, 2.45) is 0 Å². The first-order valence-corrected chi connectivity index (χ1v) is 15.0. The van der Waals surface area contributed by atoms with Crippen molar-refractivity contribution in [2.45, 2.75) is 6.92 Å². The summed E-state index contributed by atoms with van der Waals surface area (Å²) >= 11 is 5.71. The van der Waals surface area contributed by atoms with Gasteiger partial charge < -0.3 is 24.3 Å². The number of fused-ring (bicyclic) bond motifs is 2. The smallest absolute Gasteiger partial charge is 0.489 e. The van der Waals surface area contributed by atoms with Gasteiger partial charge in [-0.1, -0.05) is 109 Å².